The van der Waals surface area contributed by atoms with E-state index in [2.05, 4.69) is 5.32 Å². The summed E-state index contributed by atoms with van der Waals surface area (Å²) in [6.07, 6.45) is -4.62. The van der Waals surface area contributed by atoms with Crippen LogP contribution in [0.2, 0.25) is 0 Å². The van der Waals surface area contributed by atoms with Crippen molar-refractivity contribution in [3.05, 3.63) is 65.7 Å². The monoisotopic (exact) mass is 399 g/mol. The molecular weight excluding hydrogens is 383 g/mol. The van der Waals surface area contributed by atoms with Gasteiger partial charge in [-0.1, -0.05) is 18.2 Å². The van der Waals surface area contributed by atoms with E-state index < -0.39 is 40.5 Å². The zero-order valence-corrected chi connectivity index (χ0v) is 14.7. The molecule has 0 saturated heterocycles. The molecule has 0 aromatic heterocycles. The molecule has 0 aliphatic rings. The Labute approximate surface area is 155 Å². The number of rotatable bonds is 7. The Kier molecular flexibility index (Phi) is 6.73. The third kappa shape index (κ3) is 5.92. The van der Waals surface area contributed by atoms with Crippen molar-refractivity contribution in [3.8, 4) is 0 Å². The Morgan fingerprint density at radius 2 is 1.63 bits per heavy atom. The van der Waals surface area contributed by atoms with Gasteiger partial charge in [-0.3, -0.25) is 9.00 Å². The number of halogens is 3. The number of carboxylic acid groups (broad SMARTS) is 1. The fourth-order valence-electron chi connectivity index (χ4n) is 2.22. The molecule has 2 atom stereocenters. The zero-order chi connectivity index (χ0) is 20.0. The Balaban J connectivity index is 2.00. The van der Waals surface area contributed by atoms with Crippen LogP contribution in [0.1, 0.15) is 22.3 Å². The Morgan fingerprint density at radius 1 is 1.04 bits per heavy atom. The van der Waals surface area contributed by atoms with Gasteiger partial charge in [0.25, 0.3) is 5.91 Å². The lowest BCUT2D eigenvalue weighted by Crippen LogP contribution is -2.41. The molecule has 0 heterocycles. The molecule has 2 aromatic rings. The molecule has 5 nitrogen and oxygen atoms in total. The first-order valence-corrected chi connectivity index (χ1v) is 9.14. The van der Waals surface area contributed by atoms with E-state index in [1.165, 1.54) is 0 Å². The number of benzene rings is 2. The molecule has 0 aliphatic heterocycles. The smallest absolute Gasteiger partial charge is 0.416 e. The molecule has 0 spiro atoms. The van der Waals surface area contributed by atoms with Gasteiger partial charge in [-0.25, -0.2) is 4.79 Å². The maximum Gasteiger partial charge on any atom is 0.416 e. The number of hydrogen-bond donors (Lipinski definition) is 2. The van der Waals surface area contributed by atoms with Crippen LogP contribution >= 0.6 is 0 Å². The minimum atomic E-state index is -4.53. The maximum atomic E-state index is 12.5. The largest absolute Gasteiger partial charge is 0.480 e. The van der Waals surface area contributed by atoms with Gasteiger partial charge in [-0.15, -0.1) is 0 Å². The molecule has 144 valence electrons. The molecule has 27 heavy (non-hydrogen) atoms. The summed E-state index contributed by atoms with van der Waals surface area (Å²) >= 11 is 0. The van der Waals surface area contributed by atoms with Crippen LogP contribution in [0, 0.1) is 0 Å². The quantitative estimate of drug-likeness (QED) is 0.750. The van der Waals surface area contributed by atoms with Gasteiger partial charge in [-0.2, -0.15) is 13.2 Å². The summed E-state index contributed by atoms with van der Waals surface area (Å²) in [5.74, 6) is -2.13. The second kappa shape index (κ2) is 8.81. The first-order valence-electron chi connectivity index (χ1n) is 7.83. The number of carbonyl (C=O) groups excluding carboxylic acids is 1. The van der Waals surface area contributed by atoms with Crippen molar-refractivity contribution in [2.45, 2.75) is 23.5 Å². The van der Waals surface area contributed by atoms with Crippen molar-refractivity contribution in [1.29, 1.82) is 0 Å². The lowest BCUT2D eigenvalue weighted by molar-refractivity contribution is -0.139. The van der Waals surface area contributed by atoms with Crippen LogP contribution in [0.5, 0.6) is 0 Å². The zero-order valence-electron chi connectivity index (χ0n) is 13.9. The molecule has 2 rings (SSSR count). The average Bonchev–Trinajstić information content (AvgIpc) is 2.64. The van der Waals surface area contributed by atoms with E-state index in [0.717, 1.165) is 24.3 Å². The van der Waals surface area contributed by atoms with Gasteiger partial charge in [0.05, 0.1) is 16.4 Å². The van der Waals surface area contributed by atoms with Gasteiger partial charge >= 0.3 is 12.1 Å². The van der Waals surface area contributed by atoms with E-state index in [1.807, 2.05) is 0 Å². The van der Waals surface area contributed by atoms with Crippen molar-refractivity contribution < 1.29 is 32.1 Å². The van der Waals surface area contributed by atoms with Crippen LogP contribution < -0.4 is 5.32 Å². The minimum absolute atomic E-state index is 0.00821. The molecule has 0 saturated carbocycles. The van der Waals surface area contributed by atoms with Crippen molar-refractivity contribution in [2.75, 3.05) is 5.75 Å². The van der Waals surface area contributed by atoms with Crippen LogP contribution in [0.25, 0.3) is 0 Å². The third-order valence-electron chi connectivity index (χ3n) is 3.68. The lowest BCUT2D eigenvalue weighted by Gasteiger charge is -2.15. The number of carboxylic acids is 1. The van der Waals surface area contributed by atoms with Crippen LogP contribution in [-0.2, 0) is 21.8 Å². The average molecular weight is 399 g/mol. The van der Waals surface area contributed by atoms with Gasteiger partial charge in [0, 0.05) is 16.2 Å². The summed E-state index contributed by atoms with van der Waals surface area (Å²) in [5, 5.41) is 11.5. The molecule has 0 aliphatic carbocycles. The highest BCUT2D eigenvalue weighted by Crippen LogP contribution is 2.29. The number of amides is 1. The second-order valence-corrected chi connectivity index (χ2v) is 7.16. The fraction of sp³-hybridized carbons (Fsp3) is 0.222. The highest BCUT2D eigenvalue weighted by Gasteiger charge is 2.30. The molecule has 0 fully saturated rings. The SMILES string of the molecule is O=C(N[C@@H](CC[S@@](=O)c1ccccc1)C(=O)O)c1ccc(C(F)(F)F)cc1. The normalized spacial score (nSPS) is 13.6. The molecule has 0 bridgehead atoms. The van der Waals surface area contributed by atoms with Gasteiger partial charge in [0.15, 0.2) is 0 Å². The molecule has 0 radical (unpaired) electrons. The first kappa shape index (κ1) is 20.6. The van der Waals surface area contributed by atoms with Crippen molar-refractivity contribution >= 4 is 22.7 Å². The molecular formula is C18H16F3NO4S. The fourth-order valence-corrected chi connectivity index (χ4v) is 3.37. The van der Waals surface area contributed by atoms with E-state index >= 15 is 0 Å². The number of nitrogens with one attached hydrogen (secondary N) is 1. The number of alkyl halides is 3. The predicted octanol–water partition coefficient (Wildman–Crippen LogP) is 3.09. The van der Waals surface area contributed by atoms with Crippen LogP contribution in [0.3, 0.4) is 0 Å². The highest BCUT2D eigenvalue weighted by atomic mass is 32.2. The van der Waals surface area contributed by atoms with E-state index in [9.17, 15) is 32.1 Å². The van der Waals surface area contributed by atoms with Crippen LogP contribution in [0.15, 0.2) is 59.5 Å². The van der Waals surface area contributed by atoms with Gasteiger partial charge in [-0.05, 0) is 42.8 Å². The summed E-state index contributed by atoms with van der Waals surface area (Å²) in [7, 11) is -1.43. The summed E-state index contributed by atoms with van der Waals surface area (Å²) in [6.45, 7) is 0. The first-order chi connectivity index (χ1) is 12.7. The number of hydrogen-bond acceptors (Lipinski definition) is 3. The lowest BCUT2D eigenvalue weighted by atomic mass is 10.1. The Morgan fingerprint density at radius 3 is 2.15 bits per heavy atom. The van der Waals surface area contributed by atoms with E-state index in [4.69, 9.17) is 0 Å². The van der Waals surface area contributed by atoms with Crippen molar-refractivity contribution in [2.24, 2.45) is 0 Å². The Bertz CT molecular complexity index is 823. The summed E-state index contributed by atoms with van der Waals surface area (Å²) < 4.78 is 49.8. The van der Waals surface area contributed by atoms with E-state index in [0.29, 0.717) is 4.90 Å². The van der Waals surface area contributed by atoms with Gasteiger partial charge < -0.3 is 10.4 Å². The standard InChI is InChI=1S/C18H16F3NO4S/c19-18(20,21)13-8-6-12(7-9-13)16(23)22-15(17(24)25)10-11-27(26)14-4-2-1-3-5-14/h1-9,15H,10-11H2,(H,22,23)(H,24,25)/t15-,27+/m0/s1. The van der Waals surface area contributed by atoms with Crippen LogP contribution in [0.4, 0.5) is 13.2 Å². The molecule has 1 amide bonds. The van der Waals surface area contributed by atoms with Crippen molar-refractivity contribution in [1.82, 2.24) is 5.32 Å². The number of aliphatic carboxylic acids is 1. The third-order valence-corrected chi connectivity index (χ3v) is 5.08. The second-order valence-electron chi connectivity index (χ2n) is 5.59. The number of carbonyl (C=O) groups is 2. The summed E-state index contributed by atoms with van der Waals surface area (Å²) in [4.78, 5) is 24.0. The summed E-state index contributed by atoms with van der Waals surface area (Å²) in [5.41, 5.74) is -1.01. The van der Waals surface area contributed by atoms with Gasteiger partial charge in [0.1, 0.15) is 6.04 Å². The molecule has 2 aromatic carbocycles. The summed E-state index contributed by atoms with van der Waals surface area (Å²) in [6, 6.07) is 10.6. The predicted molar refractivity (Wildman–Crippen MR) is 92.7 cm³/mol. The van der Waals surface area contributed by atoms with Crippen molar-refractivity contribution in [3.63, 3.8) is 0 Å². The van der Waals surface area contributed by atoms with E-state index in [1.54, 1.807) is 30.3 Å². The highest BCUT2D eigenvalue weighted by molar-refractivity contribution is 7.85. The Hall–Kier alpha value is -2.68. The molecule has 2 N–H and O–H groups in total. The van der Waals surface area contributed by atoms with Gasteiger partial charge in [0.2, 0.25) is 0 Å². The molecule has 9 heteroatoms. The maximum absolute atomic E-state index is 12.5. The topological polar surface area (TPSA) is 83.5 Å². The molecule has 0 unspecified atom stereocenters. The van der Waals surface area contributed by atoms with Crippen LogP contribution in [-0.4, -0.2) is 33.0 Å². The van der Waals surface area contributed by atoms with E-state index in [-0.39, 0.29) is 17.7 Å². The minimum Gasteiger partial charge on any atom is -0.480 e.